The summed E-state index contributed by atoms with van der Waals surface area (Å²) in [5.74, 6) is 0.727. The number of ether oxygens (including phenoxy) is 1. The van der Waals surface area contributed by atoms with Crippen LogP contribution in [0.3, 0.4) is 0 Å². The van der Waals surface area contributed by atoms with Crippen LogP contribution in [0.4, 0.5) is 0 Å². The van der Waals surface area contributed by atoms with Gasteiger partial charge in [-0.2, -0.15) is 5.26 Å². The van der Waals surface area contributed by atoms with Crippen molar-refractivity contribution in [2.45, 2.75) is 19.1 Å². The van der Waals surface area contributed by atoms with Gasteiger partial charge in [0.25, 0.3) is 0 Å². The fraction of sp³-hybridized carbons (Fsp3) is 0.231. The van der Waals surface area contributed by atoms with E-state index >= 15 is 0 Å². The van der Waals surface area contributed by atoms with E-state index in [2.05, 4.69) is 11.1 Å². The van der Waals surface area contributed by atoms with Crippen molar-refractivity contribution in [1.82, 2.24) is 9.55 Å². The molecule has 4 heteroatoms. The standard InChI is InChI=1S/C13H13N3O/c14-10-13(6-8-16-9-7-15-11-16)17-12-4-2-1-3-5-12/h1-5,7,9,11,13H,6,8H2. The molecule has 17 heavy (non-hydrogen) atoms. The molecular weight excluding hydrogens is 214 g/mol. The summed E-state index contributed by atoms with van der Waals surface area (Å²) < 4.78 is 7.50. The Morgan fingerprint density at radius 2 is 2.18 bits per heavy atom. The van der Waals surface area contributed by atoms with Gasteiger partial charge in [-0.15, -0.1) is 0 Å². The Kier molecular flexibility index (Phi) is 3.77. The molecule has 1 atom stereocenters. The van der Waals surface area contributed by atoms with Crippen LogP contribution >= 0.6 is 0 Å². The second kappa shape index (κ2) is 5.71. The van der Waals surface area contributed by atoms with Crippen LogP contribution in [0.25, 0.3) is 0 Å². The highest BCUT2D eigenvalue weighted by molar-refractivity contribution is 5.21. The van der Waals surface area contributed by atoms with E-state index in [0.29, 0.717) is 6.42 Å². The molecule has 1 aromatic heterocycles. The number of benzene rings is 1. The quantitative estimate of drug-likeness (QED) is 0.787. The lowest BCUT2D eigenvalue weighted by Crippen LogP contribution is -2.16. The molecule has 86 valence electrons. The Morgan fingerprint density at radius 1 is 1.35 bits per heavy atom. The molecule has 0 aliphatic rings. The predicted octanol–water partition coefficient (Wildman–Crippen LogP) is 2.24. The Morgan fingerprint density at radius 3 is 2.82 bits per heavy atom. The Hall–Kier alpha value is -2.28. The maximum absolute atomic E-state index is 9.02. The third-order valence-electron chi connectivity index (χ3n) is 2.37. The summed E-state index contributed by atoms with van der Waals surface area (Å²) in [5, 5.41) is 9.02. The summed E-state index contributed by atoms with van der Waals surface area (Å²) in [5.41, 5.74) is 0. The van der Waals surface area contributed by atoms with Crippen LogP contribution in [0.15, 0.2) is 49.1 Å². The molecule has 1 heterocycles. The van der Waals surface area contributed by atoms with Crippen LogP contribution in [0.5, 0.6) is 5.75 Å². The zero-order valence-electron chi connectivity index (χ0n) is 9.36. The van der Waals surface area contributed by atoms with Crippen molar-refractivity contribution in [2.24, 2.45) is 0 Å². The monoisotopic (exact) mass is 227 g/mol. The molecule has 1 aromatic carbocycles. The minimum Gasteiger partial charge on any atom is -0.476 e. The maximum atomic E-state index is 9.02. The fourth-order valence-corrected chi connectivity index (χ4v) is 1.50. The van der Waals surface area contributed by atoms with Gasteiger partial charge < -0.3 is 9.30 Å². The molecule has 1 unspecified atom stereocenters. The number of imidazole rings is 1. The van der Waals surface area contributed by atoms with Crippen LogP contribution in [-0.4, -0.2) is 15.7 Å². The van der Waals surface area contributed by atoms with E-state index in [-0.39, 0.29) is 0 Å². The normalized spacial score (nSPS) is 11.7. The average Bonchev–Trinajstić information content (AvgIpc) is 2.89. The van der Waals surface area contributed by atoms with E-state index in [0.717, 1.165) is 12.3 Å². The number of rotatable bonds is 5. The van der Waals surface area contributed by atoms with E-state index < -0.39 is 6.10 Å². The smallest absolute Gasteiger partial charge is 0.186 e. The molecule has 2 aromatic rings. The Balaban J connectivity index is 1.88. The van der Waals surface area contributed by atoms with Crippen molar-refractivity contribution in [1.29, 1.82) is 5.26 Å². The lowest BCUT2D eigenvalue weighted by Gasteiger charge is -2.12. The molecule has 0 N–H and O–H groups in total. The topological polar surface area (TPSA) is 50.8 Å². The molecule has 0 saturated carbocycles. The molecular formula is C13H13N3O. The third-order valence-corrected chi connectivity index (χ3v) is 2.37. The van der Waals surface area contributed by atoms with Gasteiger partial charge in [0, 0.05) is 25.4 Å². The lowest BCUT2D eigenvalue weighted by atomic mass is 10.2. The van der Waals surface area contributed by atoms with Gasteiger partial charge in [0.1, 0.15) is 11.8 Å². The van der Waals surface area contributed by atoms with E-state index in [1.807, 2.05) is 41.1 Å². The zero-order valence-corrected chi connectivity index (χ0v) is 9.36. The molecule has 0 amide bonds. The summed E-state index contributed by atoms with van der Waals surface area (Å²) >= 11 is 0. The number of para-hydroxylation sites is 1. The minimum absolute atomic E-state index is 0.431. The molecule has 0 spiro atoms. The number of hydrogen-bond acceptors (Lipinski definition) is 3. The molecule has 0 radical (unpaired) electrons. The summed E-state index contributed by atoms with van der Waals surface area (Å²) in [6.45, 7) is 0.727. The highest BCUT2D eigenvalue weighted by Crippen LogP contribution is 2.12. The number of aromatic nitrogens is 2. The number of hydrogen-bond donors (Lipinski definition) is 0. The second-order valence-electron chi connectivity index (χ2n) is 3.64. The molecule has 0 bridgehead atoms. The van der Waals surface area contributed by atoms with Crippen molar-refractivity contribution in [3.63, 3.8) is 0 Å². The van der Waals surface area contributed by atoms with Gasteiger partial charge >= 0.3 is 0 Å². The van der Waals surface area contributed by atoms with Gasteiger partial charge in [0.2, 0.25) is 0 Å². The van der Waals surface area contributed by atoms with E-state index in [1.54, 1.807) is 12.5 Å². The molecule has 0 aliphatic carbocycles. The first-order chi connectivity index (χ1) is 8.38. The second-order valence-corrected chi connectivity index (χ2v) is 3.64. The van der Waals surface area contributed by atoms with E-state index in [9.17, 15) is 0 Å². The summed E-state index contributed by atoms with van der Waals surface area (Å²) in [6, 6.07) is 11.5. The SMILES string of the molecule is N#CC(CCn1ccnc1)Oc1ccccc1. The van der Waals surface area contributed by atoms with Gasteiger partial charge in [-0.1, -0.05) is 18.2 Å². The highest BCUT2D eigenvalue weighted by atomic mass is 16.5. The fourth-order valence-electron chi connectivity index (χ4n) is 1.50. The molecule has 0 saturated heterocycles. The first-order valence-electron chi connectivity index (χ1n) is 5.45. The number of nitrogens with zero attached hydrogens (tertiary/aromatic N) is 3. The Labute approximate surface area is 100 Å². The number of nitriles is 1. The zero-order chi connectivity index (χ0) is 11.9. The first-order valence-corrected chi connectivity index (χ1v) is 5.45. The van der Waals surface area contributed by atoms with Crippen molar-refractivity contribution in [3.8, 4) is 11.8 Å². The van der Waals surface area contributed by atoms with Gasteiger partial charge in [0.05, 0.1) is 6.33 Å². The van der Waals surface area contributed by atoms with Crippen LogP contribution in [0.2, 0.25) is 0 Å². The van der Waals surface area contributed by atoms with E-state index in [4.69, 9.17) is 10.00 Å². The summed E-state index contributed by atoms with van der Waals surface area (Å²) in [4.78, 5) is 3.95. The third kappa shape index (κ3) is 3.35. The van der Waals surface area contributed by atoms with Crippen molar-refractivity contribution in [2.75, 3.05) is 0 Å². The van der Waals surface area contributed by atoms with Crippen LogP contribution in [0, 0.1) is 11.3 Å². The molecule has 0 aliphatic heterocycles. The summed E-state index contributed by atoms with van der Waals surface area (Å²) in [7, 11) is 0. The van der Waals surface area contributed by atoms with Crippen LogP contribution < -0.4 is 4.74 Å². The van der Waals surface area contributed by atoms with E-state index in [1.165, 1.54) is 0 Å². The highest BCUT2D eigenvalue weighted by Gasteiger charge is 2.08. The van der Waals surface area contributed by atoms with Crippen LogP contribution in [-0.2, 0) is 6.54 Å². The predicted molar refractivity (Wildman–Crippen MR) is 63.3 cm³/mol. The van der Waals surface area contributed by atoms with Crippen molar-refractivity contribution >= 4 is 0 Å². The van der Waals surface area contributed by atoms with Gasteiger partial charge in [0.15, 0.2) is 6.10 Å². The first kappa shape index (κ1) is 11.2. The van der Waals surface area contributed by atoms with Crippen molar-refractivity contribution in [3.05, 3.63) is 49.1 Å². The van der Waals surface area contributed by atoms with Crippen molar-refractivity contribution < 1.29 is 4.74 Å². The number of aryl methyl sites for hydroxylation is 1. The molecule has 4 nitrogen and oxygen atoms in total. The van der Waals surface area contributed by atoms with Gasteiger partial charge in [-0.25, -0.2) is 4.98 Å². The Bertz CT molecular complexity index is 473. The largest absolute Gasteiger partial charge is 0.476 e. The maximum Gasteiger partial charge on any atom is 0.186 e. The van der Waals surface area contributed by atoms with Crippen LogP contribution in [0.1, 0.15) is 6.42 Å². The molecule has 2 rings (SSSR count). The van der Waals surface area contributed by atoms with Gasteiger partial charge in [-0.3, -0.25) is 0 Å². The average molecular weight is 227 g/mol. The summed E-state index contributed by atoms with van der Waals surface area (Å²) in [6.07, 6.45) is 5.54. The molecule has 0 fully saturated rings. The van der Waals surface area contributed by atoms with Gasteiger partial charge in [-0.05, 0) is 12.1 Å². The lowest BCUT2D eigenvalue weighted by molar-refractivity contribution is 0.237. The minimum atomic E-state index is -0.431.